The van der Waals surface area contributed by atoms with E-state index in [4.69, 9.17) is 16.3 Å². The third kappa shape index (κ3) is 3.23. The summed E-state index contributed by atoms with van der Waals surface area (Å²) in [5.41, 5.74) is 9.03. The summed E-state index contributed by atoms with van der Waals surface area (Å²) < 4.78 is 5.27. The van der Waals surface area contributed by atoms with Crippen LogP contribution in [0.2, 0.25) is 0 Å². The second kappa shape index (κ2) is 5.87. The molecule has 0 aliphatic carbocycles. The van der Waals surface area contributed by atoms with Crippen molar-refractivity contribution in [1.82, 2.24) is 9.97 Å². The van der Waals surface area contributed by atoms with Crippen molar-refractivity contribution in [3.05, 3.63) is 35.9 Å². The van der Waals surface area contributed by atoms with Crippen LogP contribution in [0.1, 0.15) is 5.56 Å². The average molecular weight is 260 g/mol. The summed E-state index contributed by atoms with van der Waals surface area (Å²) in [5, 5.41) is 3.14. The zero-order valence-corrected chi connectivity index (χ0v) is 10.6. The van der Waals surface area contributed by atoms with E-state index >= 15 is 0 Å². The number of hydrazine groups is 1. The third-order valence-corrected chi connectivity index (χ3v) is 2.54. The van der Waals surface area contributed by atoms with E-state index in [-0.39, 0.29) is 5.95 Å². The normalized spacial score (nSPS) is 10.0. The maximum Gasteiger partial charge on any atom is 0.223 e. The van der Waals surface area contributed by atoms with Gasteiger partial charge in [-0.1, -0.05) is 18.2 Å². The van der Waals surface area contributed by atoms with Crippen LogP contribution in [-0.2, 0) is 6.54 Å². The van der Waals surface area contributed by atoms with Crippen LogP contribution in [0.5, 0.6) is 5.75 Å². The summed E-state index contributed by atoms with van der Waals surface area (Å²) in [7, 11) is 1.64. The molecule has 1 heterocycles. The molecular weight excluding hydrogens is 244 g/mol. The fraction of sp³-hybridized carbons (Fsp3) is 0.167. The van der Waals surface area contributed by atoms with E-state index in [1.54, 1.807) is 13.2 Å². The predicted molar refractivity (Wildman–Crippen MR) is 74.6 cm³/mol. The van der Waals surface area contributed by atoms with Gasteiger partial charge in [0, 0.05) is 18.2 Å². The van der Waals surface area contributed by atoms with Crippen molar-refractivity contribution in [2.24, 2.45) is 5.84 Å². The Kier molecular flexibility index (Phi) is 3.99. The van der Waals surface area contributed by atoms with Gasteiger partial charge in [0.2, 0.25) is 5.95 Å². The minimum atomic E-state index is 0.151. The zero-order chi connectivity index (χ0) is 13.7. The molecule has 0 spiro atoms. The first-order valence-electron chi connectivity index (χ1n) is 5.70. The van der Waals surface area contributed by atoms with Crippen molar-refractivity contribution in [3.8, 4) is 5.75 Å². The van der Waals surface area contributed by atoms with Gasteiger partial charge in [0.25, 0.3) is 0 Å². The summed E-state index contributed by atoms with van der Waals surface area (Å²) >= 11 is 0. The Morgan fingerprint density at radius 2 is 1.95 bits per heavy atom. The van der Waals surface area contributed by atoms with Crippen LogP contribution < -0.4 is 27.1 Å². The Morgan fingerprint density at radius 1 is 1.21 bits per heavy atom. The van der Waals surface area contributed by atoms with Crippen LogP contribution in [0.15, 0.2) is 30.3 Å². The molecule has 6 N–H and O–H groups in total. The molecule has 0 aliphatic rings. The maximum absolute atomic E-state index is 5.58. The van der Waals surface area contributed by atoms with Crippen molar-refractivity contribution in [1.29, 1.82) is 0 Å². The Hall–Kier alpha value is -2.54. The van der Waals surface area contributed by atoms with Gasteiger partial charge in [-0.05, 0) is 6.07 Å². The molecule has 2 aromatic rings. The van der Waals surface area contributed by atoms with Gasteiger partial charge in [0.05, 0.1) is 7.11 Å². The minimum absolute atomic E-state index is 0.151. The fourth-order valence-electron chi connectivity index (χ4n) is 1.67. The number of para-hydroxylation sites is 1. The van der Waals surface area contributed by atoms with Crippen LogP contribution in [0.25, 0.3) is 0 Å². The number of hydrogen-bond donors (Lipinski definition) is 4. The number of ether oxygens (including phenoxy) is 1. The lowest BCUT2D eigenvalue weighted by atomic mass is 10.2. The van der Waals surface area contributed by atoms with Crippen LogP contribution in [0.3, 0.4) is 0 Å². The highest BCUT2D eigenvalue weighted by Gasteiger charge is 2.04. The summed E-state index contributed by atoms with van der Waals surface area (Å²) in [6, 6.07) is 9.41. The van der Waals surface area contributed by atoms with Gasteiger partial charge in [-0.3, -0.25) is 0 Å². The molecule has 0 atom stereocenters. The molecular formula is C12H16N6O. The molecule has 0 bridgehead atoms. The number of nitrogen functional groups attached to an aromatic ring is 2. The second-order valence-electron chi connectivity index (χ2n) is 3.81. The van der Waals surface area contributed by atoms with Gasteiger partial charge >= 0.3 is 0 Å². The number of nitrogens with zero attached hydrogens (tertiary/aromatic N) is 2. The lowest BCUT2D eigenvalue weighted by molar-refractivity contribution is 0.410. The smallest absolute Gasteiger partial charge is 0.223 e. The van der Waals surface area contributed by atoms with Gasteiger partial charge in [-0.2, -0.15) is 9.97 Å². The Balaban J connectivity index is 2.12. The molecule has 0 amide bonds. The maximum atomic E-state index is 5.58. The topological polar surface area (TPSA) is 111 Å². The van der Waals surface area contributed by atoms with Gasteiger partial charge in [-0.15, -0.1) is 0 Å². The molecule has 1 aromatic heterocycles. The molecule has 7 nitrogen and oxygen atoms in total. The molecule has 2 rings (SSSR count). The first-order valence-corrected chi connectivity index (χ1v) is 5.70. The van der Waals surface area contributed by atoms with Crippen molar-refractivity contribution in [3.63, 3.8) is 0 Å². The Morgan fingerprint density at radius 3 is 2.68 bits per heavy atom. The number of benzene rings is 1. The van der Waals surface area contributed by atoms with Crippen molar-refractivity contribution in [2.75, 3.05) is 23.6 Å². The third-order valence-electron chi connectivity index (χ3n) is 2.54. The molecule has 0 saturated carbocycles. The second-order valence-corrected chi connectivity index (χ2v) is 3.81. The van der Waals surface area contributed by atoms with E-state index in [9.17, 15) is 0 Å². The number of methoxy groups -OCH3 is 1. The fourth-order valence-corrected chi connectivity index (χ4v) is 1.67. The van der Waals surface area contributed by atoms with E-state index < -0.39 is 0 Å². The standard InChI is InChI=1S/C12H16N6O/c1-19-9-5-3-2-4-8(9)7-15-10-6-11(18-14)17-12(13)16-10/h2-6H,7,14H2,1H3,(H4,13,15,16,17,18). The van der Waals surface area contributed by atoms with Crippen molar-refractivity contribution in [2.45, 2.75) is 6.54 Å². The molecule has 1 aromatic carbocycles. The van der Waals surface area contributed by atoms with Gasteiger partial charge in [0.1, 0.15) is 17.4 Å². The summed E-state index contributed by atoms with van der Waals surface area (Å²) in [6.07, 6.45) is 0. The number of rotatable bonds is 5. The van der Waals surface area contributed by atoms with Crippen LogP contribution in [0.4, 0.5) is 17.6 Å². The Labute approximate surface area is 111 Å². The summed E-state index contributed by atoms with van der Waals surface area (Å²) in [5.74, 6) is 7.30. The first-order chi connectivity index (χ1) is 9.22. The van der Waals surface area contributed by atoms with E-state index in [2.05, 4.69) is 20.7 Å². The molecule has 0 saturated heterocycles. The van der Waals surface area contributed by atoms with E-state index in [1.165, 1.54) is 0 Å². The molecule has 0 radical (unpaired) electrons. The van der Waals surface area contributed by atoms with Crippen LogP contribution in [-0.4, -0.2) is 17.1 Å². The monoisotopic (exact) mass is 260 g/mol. The molecule has 7 heteroatoms. The highest BCUT2D eigenvalue weighted by molar-refractivity contribution is 5.51. The lowest BCUT2D eigenvalue weighted by Gasteiger charge is -2.10. The number of nitrogens with two attached hydrogens (primary N) is 2. The predicted octanol–water partition coefficient (Wildman–Crippen LogP) is 0.965. The van der Waals surface area contributed by atoms with E-state index in [0.29, 0.717) is 18.2 Å². The Bertz CT molecular complexity index is 560. The van der Waals surface area contributed by atoms with E-state index in [1.807, 2.05) is 24.3 Å². The van der Waals surface area contributed by atoms with E-state index in [0.717, 1.165) is 11.3 Å². The van der Waals surface area contributed by atoms with Crippen molar-refractivity contribution >= 4 is 17.6 Å². The lowest BCUT2D eigenvalue weighted by Crippen LogP contribution is -2.12. The number of hydrogen-bond acceptors (Lipinski definition) is 7. The molecule has 100 valence electrons. The zero-order valence-electron chi connectivity index (χ0n) is 10.6. The van der Waals surface area contributed by atoms with Gasteiger partial charge in [0.15, 0.2) is 0 Å². The summed E-state index contributed by atoms with van der Waals surface area (Å²) in [6.45, 7) is 0.560. The largest absolute Gasteiger partial charge is 0.496 e. The van der Waals surface area contributed by atoms with Crippen LogP contribution >= 0.6 is 0 Å². The molecule has 0 unspecified atom stereocenters. The van der Waals surface area contributed by atoms with Crippen molar-refractivity contribution < 1.29 is 4.74 Å². The highest BCUT2D eigenvalue weighted by atomic mass is 16.5. The molecule has 19 heavy (non-hydrogen) atoms. The number of nitrogens with one attached hydrogen (secondary N) is 2. The van der Waals surface area contributed by atoms with Gasteiger partial charge < -0.3 is 21.2 Å². The summed E-state index contributed by atoms with van der Waals surface area (Å²) in [4.78, 5) is 7.98. The SMILES string of the molecule is COc1ccccc1CNc1cc(NN)nc(N)n1. The number of anilines is 3. The minimum Gasteiger partial charge on any atom is -0.496 e. The number of aromatic nitrogens is 2. The molecule has 0 aliphatic heterocycles. The quantitative estimate of drug-likeness (QED) is 0.468. The first kappa shape index (κ1) is 12.9. The molecule has 0 fully saturated rings. The van der Waals surface area contributed by atoms with Gasteiger partial charge in [-0.25, -0.2) is 5.84 Å². The van der Waals surface area contributed by atoms with Crippen LogP contribution in [0, 0.1) is 0 Å². The average Bonchev–Trinajstić information content (AvgIpc) is 2.44. The highest BCUT2D eigenvalue weighted by Crippen LogP contribution is 2.19.